The second kappa shape index (κ2) is 4.47. The third-order valence-electron chi connectivity index (χ3n) is 3.28. The average molecular weight is 288 g/mol. The van der Waals surface area contributed by atoms with Crippen molar-refractivity contribution in [2.75, 3.05) is 7.11 Å². The van der Waals surface area contributed by atoms with Crippen LogP contribution in [0.4, 0.5) is 0 Å². The fourth-order valence-corrected chi connectivity index (χ4v) is 3.05. The average Bonchev–Trinajstić information content (AvgIpc) is 2.42. The van der Waals surface area contributed by atoms with Gasteiger partial charge in [0.05, 0.1) is 7.11 Å². The summed E-state index contributed by atoms with van der Waals surface area (Å²) in [6.07, 6.45) is 0. The molecule has 0 saturated heterocycles. The molecule has 20 heavy (non-hydrogen) atoms. The Hall–Kier alpha value is -2.11. The number of methoxy groups -OCH3 is 1. The van der Waals surface area contributed by atoms with Crippen molar-refractivity contribution in [2.45, 2.75) is 4.90 Å². The molecule has 0 aromatic heterocycles. The number of benzene rings is 3. The summed E-state index contributed by atoms with van der Waals surface area (Å²) in [5.41, 5.74) is 0. The highest BCUT2D eigenvalue weighted by Crippen LogP contribution is 2.35. The summed E-state index contributed by atoms with van der Waals surface area (Å²) >= 11 is 0. The van der Waals surface area contributed by atoms with Gasteiger partial charge in [-0.25, -0.2) is 0 Å². The Morgan fingerprint density at radius 3 is 2.20 bits per heavy atom. The summed E-state index contributed by atoms with van der Waals surface area (Å²) in [7, 11) is -2.93. The Bertz CT molecular complexity index is 914. The molecule has 0 aliphatic heterocycles. The second-order valence-corrected chi connectivity index (χ2v) is 5.88. The molecule has 0 spiro atoms. The zero-order valence-electron chi connectivity index (χ0n) is 10.7. The van der Waals surface area contributed by atoms with E-state index in [9.17, 15) is 13.0 Å². The third kappa shape index (κ3) is 2.01. The molecule has 0 fully saturated rings. The lowest BCUT2D eigenvalue weighted by atomic mass is 10.0. The molecule has 1 N–H and O–H groups in total. The molecule has 0 saturated carbocycles. The van der Waals surface area contributed by atoms with Crippen LogP contribution in [0.1, 0.15) is 0 Å². The molecule has 0 aliphatic carbocycles. The minimum absolute atomic E-state index is 0.163. The summed E-state index contributed by atoms with van der Waals surface area (Å²) < 4.78 is 37.3. The molecule has 3 aromatic carbocycles. The van der Waals surface area contributed by atoms with E-state index < -0.39 is 10.1 Å². The molecule has 0 aliphatic rings. The van der Waals surface area contributed by atoms with Gasteiger partial charge in [0.25, 0.3) is 10.1 Å². The molecule has 0 atom stereocenters. The Labute approximate surface area is 116 Å². The van der Waals surface area contributed by atoms with Crippen LogP contribution in [0.25, 0.3) is 21.5 Å². The van der Waals surface area contributed by atoms with Gasteiger partial charge in [0, 0.05) is 5.39 Å². The summed E-state index contributed by atoms with van der Waals surface area (Å²) in [5.74, 6) is 0.163. The van der Waals surface area contributed by atoms with Gasteiger partial charge in [-0.1, -0.05) is 30.3 Å². The van der Waals surface area contributed by atoms with Gasteiger partial charge in [-0.2, -0.15) is 8.42 Å². The lowest BCUT2D eigenvalue weighted by molar-refractivity contribution is 0.402. The van der Waals surface area contributed by atoms with Gasteiger partial charge in [-0.05, 0) is 34.4 Å². The van der Waals surface area contributed by atoms with Crippen molar-refractivity contribution < 1.29 is 17.7 Å². The summed E-state index contributed by atoms with van der Waals surface area (Å²) in [5, 5.41) is 3.54. The zero-order valence-corrected chi connectivity index (χ0v) is 11.5. The molecule has 4 nitrogen and oxygen atoms in total. The van der Waals surface area contributed by atoms with Crippen LogP contribution in [0.2, 0.25) is 0 Å². The fourth-order valence-electron chi connectivity index (χ4n) is 2.38. The standard InChI is InChI=1S/C15H12O4S/c1-19-15-13-9-11-5-3-2-4-10(11)8-12(13)6-7-14(15)20(16,17)18/h2-9H,1H3,(H,16,17,18). The summed E-state index contributed by atoms with van der Waals surface area (Å²) in [4.78, 5) is -0.220. The smallest absolute Gasteiger partial charge is 0.298 e. The maximum atomic E-state index is 11.4. The Morgan fingerprint density at radius 1 is 0.950 bits per heavy atom. The van der Waals surface area contributed by atoms with Crippen molar-refractivity contribution in [1.82, 2.24) is 0 Å². The number of hydrogen-bond acceptors (Lipinski definition) is 3. The monoisotopic (exact) mass is 288 g/mol. The molecule has 5 heteroatoms. The van der Waals surface area contributed by atoms with E-state index in [-0.39, 0.29) is 10.6 Å². The van der Waals surface area contributed by atoms with Gasteiger partial charge in [0.2, 0.25) is 0 Å². The first-order valence-electron chi connectivity index (χ1n) is 5.98. The summed E-state index contributed by atoms with van der Waals surface area (Å²) in [6.45, 7) is 0. The normalized spacial score (nSPS) is 11.9. The molecule has 3 rings (SSSR count). The van der Waals surface area contributed by atoms with E-state index >= 15 is 0 Å². The van der Waals surface area contributed by atoms with E-state index in [1.807, 2.05) is 36.4 Å². The van der Waals surface area contributed by atoms with Crippen molar-refractivity contribution >= 4 is 31.7 Å². The van der Waals surface area contributed by atoms with E-state index in [0.717, 1.165) is 16.2 Å². The molecule has 102 valence electrons. The first-order chi connectivity index (χ1) is 9.50. The van der Waals surface area contributed by atoms with Crippen molar-refractivity contribution in [2.24, 2.45) is 0 Å². The molecule has 0 heterocycles. The SMILES string of the molecule is COc1c(S(=O)(=O)O)ccc2cc3ccccc3cc12. The predicted molar refractivity (Wildman–Crippen MR) is 77.8 cm³/mol. The molecule has 0 radical (unpaired) electrons. The molecule has 0 bridgehead atoms. The largest absolute Gasteiger partial charge is 0.495 e. The lowest BCUT2D eigenvalue weighted by Crippen LogP contribution is -2.01. The molecular formula is C15H12O4S. The molecular weight excluding hydrogens is 276 g/mol. The first-order valence-corrected chi connectivity index (χ1v) is 7.42. The van der Waals surface area contributed by atoms with Crippen LogP contribution in [-0.2, 0) is 10.1 Å². The van der Waals surface area contributed by atoms with Crippen molar-refractivity contribution in [3.8, 4) is 5.75 Å². The van der Waals surface area contributed by atoms with E-state index in [0.29, 0.717) is 5.39 Å². The second-order valence-electron chi connectivity index (χ2n) is 4.49. The number of fused-ring (bicyclic) bond motifs is 2. The third-order valence-corrected chi connectivity index (χ3v) is 4.16. The highest BCUT2D eigenvalue weighted by atomic mass is 32.2. The maximum absolute atomic E-state index is 11.4. The van der Waals surface area contributed by atoms with E-state index in [1.54, 1.807) is 6.07 Å². The summed E-state index contributed by atoms with van der Waals surface area (Å²) in [6, 6.07) is 14.6. The maximum Gasteiger partial charge on any atom is 0.298 e. The van der Waals surface area contributed by atoms with Crippen molar-refractivity contribution in [3.63, 3.8) is 0 Å². The Balaban J connectivity index is 2.47. The van der Waals surface area contributed by atoms with Crippen LogP contribution in [0.3, 0.4) is 0 Å². The van der Waals surface area contributed by atoms with Crippen LogP contribution < -0.4 is 4.74 Å². The highest BCUT2D eigenvalue weighted by molar-refractivity contribution is 7.86. The number of ether oxygens (including phenoxy) is 1. The molecule has 0 amide bonds. The van der Waals surface area contributed by atoms with E-state index in [2.05, 4.69) is 0 Å². The van der Waals surface area contributed by atoms with Gasteiger partial charge in [0.15, 0.2) is 0 Å². The highest BCUT2D eigenvalue weighted by Gasteiger charge is 2.18. The van der Waals surface area contributed by atoms with Crippen LogP contribution >= 0.6 is 0 Å². The van der Waals surface area contributed by atoms with Crippen LogP contribution in [0.15, 0.2) is 53.4 Å². The minimum Gasteiger partial charge on any atom is -0.495 e. The first kappa shape index (κ1) is 12.9. The van der Waals surface area contributed by atoms with Gasteiger partial charge in [-0.3, -0.25) is 4.55 Å². The van der Waals surface area contributed by atoms with Crippen LogP contribution in [-0.4, -0.2) is 20.1 Å². The zero-order chi connectivity index (χ0) is 14.3. The van der Waals surface area contributed by atoms with Crippen molar-refractivity contribution in [1.29, 1.82) is 0 Å². The quantitative estimate of drug-likeness (QED) is 0.581. The van der Waals surface area contributed by atoms with Gasteiger partial charge in [0.1, 0.15) is 10.6 Å². The fraction of sp³-hybridized carbons (Fsp3) is 0.0667. The predicted octanol–water partition coefficient (Wildman–Crippen LogP) is 3.25. The van der Waals surface area contributed by atoms with E-state index in [1.165, 1.54) is 13.2 Å². The number of hydrogen-bond donors (Lipinski definition) is 1. The van der Waals surface area contributed by atoms with Crippen LogP contribution in [0.5, 0.6) is 5.75 Å². The Morgan fingerprint density at radius 2 is 1.60 bits per heavy atom. The minimum atomic E-state index is -4.32. The topological polar surface area (TPSA) is 63.6 Å². The van der Waals surface area contributed by atoms with Gasteiger partial charge in [-0.15, -0.1) is 0 Å². The Kier molecular flexibility index (Phi) is 2.88. The van der Waals surface area contributed by atoms with Crippen molar-refractivity contribution in [3.05, 3.63) is 48.5 Å². The molecule has 3 aromatic rings. The van der Waals surface area contributed by atoms with Gasteiger partial charge < -0.3 is 4.74 Å². The lowest BCUT2D eigenvalue weighted by Gasteiger charge is -2.11. The van der Waals surface area contributed by atoms with E-state index in [4.69, 9.17) is 4.74 Å². The van der Waals surface area contributed by atoms with Crippen LogP contribution in [0, 0.1) is 0 Å². The molecule has 0 unspecified atom stereocenters. The number of rotatable bonds is 2. The van der Waals surface area contributed by atoms with Gasteiger partial charge >= 0.3 is 0 Å².